The number of ether oxygens (including phenoxy) is 2. The van der Waals surface area contributed by atoms with Crippen LogP contribution < -0.4 is 10.2 Å². The molecule has 1 aromatic carbocycles. The summed E-state index contributed by atoms with van der Waals surface area (Å²) in [6, 6.07) is 8.38. The standard InChI is InChI=1S/C18H23FN4O2/c1-13(18(24-2)14-5-3-4-6-15(14)19)22-16-11-17(21-12-20-16)23-7-9-25-10-8-23/h3-6,11-13,18H,7-10H2,1-2H3,(H,20,21,22)/t13-,18+/m1/s1. The van der Waals surface area contributed by atoms with Crippen molar-refractivity contribution in [2.45, 2.75) is 19.1 Å². The number of benzene rings is 1. The lowest BCUT2D eigenvalue weighted by atomic mass is 10.0. The Morgan fingerprint density at radius 1 is 1.24 bits per heavy atom. The molecular weight excluding hydrogens is 323 g/mol. The van der Waals surface area contributed by atoms with Gasteiger partial charge in [-0.15, -0.1) is 0 Å². The van der Waals surface area contributed by atoms with Crippen LogP contribution in [-0.2, 0) is 9.47 Å². The predicted molar refractivity (Wildman–Crippen MR) is 94.3 cm³/mol. The molecule has 1 aliphatic heterocycles. The van der Waals surface area contributed by atoms with Crippen molar-refractivity contribution in [2.24, 2.45) is 0 Å². The molecule has 0 saturated carbocycles. The maximum atomic E-state index is 14.1. The molecule has 1 aromatic heterocycles. The Morgan fingerprint density at radius 2 is 2.00 bits per heavy atom. The number of rotatable bonds is 6. The van der Waals surface area contributed by atoms with Gasteiger partial charge in [0.25, 0.3) is 0 Å². The zero-order chi connectivity index (χ0) is 17.6. The van der Waals surface area contributed by atoms with Crippen LogP contribution in [0.15, 0.2) is 36.7 Å². The molecule has 0 aliphatic carbocycles. The normalized spacial score (nSPS) is 17.2. The summed E-state index contributed by atoms with van der Waals surface area (Å²) in [5.41, 5.74) is 0.521. The van der Waals surface area contributed by atoms with E-state index in [4.69, 9.17) is 9.47 Å². The van der Waals surface area contributed by atoms with Crippen molar-refractivity contribution in [1.82, 2.24) is 9.97 Å². The lowest BCUT2D eigenvalue weighted by Gasteiger charge is -2.28. The summed E-state index contributed by atoms with van der Waals surface area (Å²) in [7, 11) is 1.58. The van der Waals surface area contributed by atoms with Crippen LogP contribution in [0.5, 0.6) is 0 Å². The van der Waals surface area contributed by atoms with Crippen LogP contribution in [0, 0.1) is 5.82 Å². The average molecular weight is 346 g/mol. The zero-order valence-electron chi connectivity index (χ0n) is 14.5. The highest BCUT2D eigenvalue weighted by Gasteiger charge is 2.22. The van der Waals surface area contributed by atoms with Gasteiger partial charge in [-0.3, -0.25) is 0 Å². The first-order valence-electron chi connectivity index (χ1n) is 8.37. The highest BCUT2D eigenvalue weighted by Crippen LogP contribution is 2.26. The number of methoxy groups -OCH3 is 1. The fourth-order valence-electron chi connectivity index (χ4n) is 3.01. The molecule has 1 fully saturated rings. The van der Waals surface area contributed by atoms with Crippen LogP contribution in [0.3, 0.4) is 0 Å². The van der Waals surface area contributed by atoms with Gasteiger partial charge in [0.15, 0.2) is 0 Å². The maximum Gasteiger partial charge on any atom is 0.134 e. The van der Waals surface area contributed by atoms with E-state index in [-0.39, 0.29) is 11.9 Å². The number of nitrogens with one attached hydrogen (secondary N) is 1. The summed E-state index contributed by atoms with van der Waals surface area (Å²) in [5, 5.41) is 3.30. The number of anilines is 2. The molecule has 1 aliphatic rings. The van der Waals surface area contributed by atoms with Crippen molar-refractivity contribution >= 4 is 11.6 Å². The smallest absolute Gasteiger partial charge is 0.134 e. The topological polar surface area (TPSA) is 59.5 Å². The first-order valence-corrected chi connectivity index (χ1v) is 8.37. The number of nitrogens with zero attached hydrogens (tertiary/aromatic N) is 3. The van der Waals surface area contributed by atoms with Crippen LogP contribution in [0.25, 0.3) is 0 Å². The number of aromatic nitrogens is 2. The Morgan fingerprint density at radius 3 is 2.72 bits per heavy atom. The fourth-order valence-corrected chi connectivity index (χ4v) is 3.01. The second-order valence-corrected chi connectivity index (χ2v) is 5.97. The van der Waals surface area contributed by atoms with Gasteiger partial charge in [0.1, 0.15) is 29.9 Å². The first-order chi connectivity index (χ1) is 12.2. The Balaban J connectivity index is 1.73. The first kappa shape index (κ1) is 17.6. The van der Waals surface area contributed by atoms with Gasteiger partial charge in [-0.1, -0.05) is 18.2 Å². The Kier molecular flexibility index (Phi) is 5.78. The van der Waals surface area contributed by atoms with Crippen LogP contribution in [-0.4, -0.2) is 49.4 Å². The Labute approximate surface area is 147 Å². The molecule has 25 heavy (non-hydrogen) atoms. The summed E-state index contributed by atoms with van der Waals surface area (Å²) in [5.74, 6) is 1.26. The molecule has 2 aromatic rings. The predicted octanol–water partition coefficient (Wildman–Crippen LogP) is 2.64. The molecule has 6 nitrogen and oxygen atoms in total. The zero-order valence-corrected chi connectivity index (χ0v) is 14.5. The number of morpholine rings is 1. The van der Waals surface area contributed by atoms with E-state index in [9.17, 15) is 4.39 Å². The van der Waals surface area contributed by atoms with Crippen molar-refractivity contribution in [3.8, 4) is 0 Å². The number of hydrogen-bond acceptors (Lipinski definition) is 6. The quantitative estimate of drug-likeness (QED) is 0.868. The van der Waals surface area contributed by atoms with Gasteiger partial charge in [-0.25, -0.2) is 14.4 Å². The molecular formula is C18H23FN4O2. The van der Waals surface area contributed by atoms with Crippen molar-refractivity contribution < 1.29 is 13.9 Å². The van der Waals surface area contributed by atoms with Gasteiger partial charge in [0.2, 0.25) is 0 Å². The highest BCUT2D eigenvalue weighted by atomic mass is 19.1. The third-order valence-electron chi connectivity index (χ3n) is 4.28. The van der Waals surface area contributed by atoms with Crippen molar-refractivity contribution in [3.63, 3.8) is 0 Å². The molecule has 2 heterocycles. The van der Waals surface area contributed by atoms with E-state index in [1.807, 2.05) is 13.0 Å². The van der Waals surface area contributed by atoms with Crippen LogP contribution >= 0.6 is 0 Å². The lowest BCUT2D eigenvalue weighted by Crippen LogP contribution is -2.36. The molecule has 0 radical (unpaired) electrons. The molecule has 0 spiro atoms. The van der Waals surface area contributed by atoms with Gasteiger partial charge in [0, 0.05) is 31.8 Å². The van der Waals surface area contributed by atoms with Gasteiger partial charge >= 0.3 is 0 Å². The van der Waals surface area contributed by atoms with E-state index in [2.05, 4.69) is 20.2 Å². The van der Waals surface area contributed by atoms with Crippen molar-refractivity contribution in [3.05, 3.63) is 48.0 Å². The molecule has 7 heteroatoms. The average Bonchev–Trinajstić information content (AvgIpc) is 2.65. The summed E-state index contributed by atoms with van der Waals surface area (Å²) in [6.07, 6.45) is 1.10. The summed E-state index contributed by atoms with van der Waals surface area (Å²) < 4.78 is 25.0. The van der Waals surface area contributed by atoms with E-state index < -0.39 is 6.10 Å². The van der Waals surface area contributed by atoms with Gasteiger partial charge < -0.3 is 19.7 Å². The molecule has 0 amide bonds. The Hall–Kier alpha value is -2.25. The molecule has 1 saturated heterocycles. The molecule has 0 bridgehead atoms. The lowest BCUT2D eigenvalue weighted by molar-refractivity contribution is 0.0875. The minimum absolute atomic E-state index is 0.172. The van der Waals surface area contributed by atoms with E-state index in [0.717, 1.165) is 18.9 Å². The van der Waals surface area contributed by atoms with E-state index >= 15 is 0 Å². The van der Waals surface area contributed by atoms with Crippen LogP contribution in [0.2, 0.25) is 0 Å². The fraction of sp³-hybridized carbons (Fsp3) is 0.444. The molecule has 134 valence electrons. The van der Waals surface area contributed by atoms with Crippen molar-refractivity contribution in [2.75, 3.05) is 43.6 Å². The SMILES string of the molecule is CO[C@H](c1ccccc1F)[C@@H](C)Nc1cc(N2CCOCC2)ncn1. The van der Waals surface area contributed by atoms with Crippen LogP contribution in [0.1, 0.15) is 18.6 Å². The minimum Gasteiger partial charge on any atom is -0.378 e. The van der Waals surface area contributed by atoms with E-state index in [1.165, 1.54) is 12.4 Å². The number of hydrogen-bond donors (Lipinski definition) is 1. The summed E-state index contributed by atoms with van der Waals surface area (Å²) in [6.45, 7) is 4.95. The van der Waals surface area contributed by atoms with Crippen LogP contribution in [0.4, 0.5) is 16.0 Å². The summed E-state index contributed by atoms with van der Waals surface area (Å²) >= 11 is 0. The van der Waals surface area contributed by atoms with Gasteiger partial charge in [-0.05, 0) is 13.0 Å². The van der Waals surface area contributed by atoms with Gasteiger partial charge in [-0.2, -0.15) is 0 Å². The second-order valence-electron chi connectivity index (χ2n) is 5.97. The molecule has 1 N–H and O–H groups in total. The summed E-state index contributed by atoms with van der Waals surface area (Å²) in [4.78, 5) is 10.8. The second kappa shape index (κ2) is 8.22. The monoisotopic (exact) mass is 346 g/mol. The van der Waals surface area contributed by atoms with E-state index in [0.29, 0.717) is 24.6 Å². The highest BCUT2D eigenvalue weighted by molar-refractivity contribution is 5.49. The van der Waals surface area contributed by atoms with E-state index in [1.54, 1.807) is 25.3 Å². The molecule has 2 atom stereocenters. The third-order valence-corrected chi connectivity index (χ3v) is 4.28. The molecule has 3 rings (SSSR count). The number of halogens is 1. The third kappa shape index (κ3) is 4.24. The molecule has 0 unspecified atom stereocenters. The largest absolute Gasteiger partial charge is 0.378 e. The van der Waals surface area contributed by atoms with Gasteiger partial charge in [0.05, 0.1) is 19.3 Å². The van der Waals surface area contributed by atoms with Crippen molar-refractivity contribution in [1.29, 1.82) is 0 Å². The maximum absolute atomic E-state index is 14.1. The minimum atomic E-state index is -0.428. The Bertz CT molecular complexity index is 694.